The number of amides is 2. The third-order valence-corrected chi connectivity index (χ3v) is 3.72. The molecule has 0 unspecified atom stereocenters. The number of carbonyl (C=O) groups is 2. The summed E-state index contributed by atoms with van der Waals surface area (Å²) in [7, 11) is 0. The fraction of sp³-hybridized carbons (Fsp3) is 0.125. The van der Waals surface area contributed by atoms with Gasteiger partial charge >= 0.3 is 0 Å². The van der Waals surface area contributed by atoms with Gasteiger partial charge in [0.25, 0.3) is 5.91 Å². The van der Waals surface area contributed by atoms with Crippen molar-refractivity contribution in [1.82, 2.24) is 5.32 Å². The molecule has 0 atom stereocenters. The number of rotatable bonds is 6. The largest absolute Gasteiger partial charge is 0.482 e. The number of para-hydroxylation sites is 1. The fourth-order valence-corrected chi connectivity index (χ4v) is 2.25. The van der Waals surface area contributed by atoms with E-state index in [0.717, 1.165) is 0 Å². The van der Waals surface area contributed by atoms with E-state index in [1.807, 2.05) is 0 Å². The molecule has 5 nitrogen and oxygen atoms in total. The summed E-state index contributed by atoms with van der Waals surface area (Å²) < 4.78 is 5.27. The molecule has 0 aliphatic rings. The van der Waals surface area contributed by atoms with Gasteiger partial charge in [0.2, 0.25) is 5.91 Å². The lowest BCUT2D eigenvalue weighted by molar-refractivity contribution is -0.125. The normalized spacial score (nSPS) is 10.1. The molecule has 126 valence electrons. The Balaban J connectivity index is 1.78. The van der Waals surface area contributed by atoms with E-state index in [1.54, 1.807) is 36.4 Å². The summed E-state index contributed by atoms with van der Waals surface area (Å²) in [5, 5.41) is 6.18. The van der Waals surface area contributed by atoms with E-state index in [1.165, 1.54) is 6.07 Å². The topological polar surface area (TPSA) is 67.4 Å². The van der Waals surface area contributed by atoms with E-state index in [-0.39, 0.29) is 13.2 Å². The molecule has 2 amide bonds. The number of carbonyl (C=O) groups excluding carboxylic acids is 2. The molecular formula is C16H13Cl3N2O3. The van der Waals surface area contributed by atoms with Gasteiger partial charge in [-0.25, -0.2) is 0 Å². The van der Waals surface area contributed by atoms with Crippen molar-refractivity contribution >= 4 is 52.3 Å². The second kappa shape index (κ2) is 8.78. The summed E-state index contributed by atoms with van der Waals surface area (Å²) in [5.74, 6) is -0.503. The van der Waals surface area contributed by atoms with E-state index in [2.05, 4.69) is 10.6 Å². The Morgan fingerprint density at radius 1 is 0.958 bits per heavy atom. The fourth-order valence-electron chi connectivity index (χ4n) is 1.72. The quantitative estimate of drug-likeness (QED) is 0.792. The molecule has 0 aliphatic carbocycles. The van der Waals surface area contributed by atoms with Crippen molar-refractivity contribution in [2.45, 2.75) is 0 Å². The molecule has 0 spiro atoms. The number of nitrogens with one attached hydrogen (secondary N) is 2. The van der Waals surface area contributed by atoms with Gasteiger partial charge in [0, 0.05) is 5.02 Å². The average molecular weight is 388 g/mol. The van der Waals surface area contributed by atoms with Crippen LogP contribution in [0.25, 0.3) is 0 Å². The van der Waals surface area contributed by atoms with Gasteiger partial charge in [-0.1, -0.05) is 46.9 Å². The molecule has 0 aliphatic heterocycles. The SMILES string of the molecule is O=C(COc1ccccc1Cl)NCC(=O)Nc1cc(Cl)ccc1Cl. The Morgan fingerprint density at radius 2 is 1.71 bits per heavy atom. The zero-order chi connectivity index (χ0) is 17.5. The first kappa shape index (κ1) is 18.4. The number of hydrogen-bond acceptors (Lipinski definition) is 3. The lowest BCUT2D eigenvalue weighted by Crippen LogP contribution is -2.35. The molecule has 0 heterocycles. The van der Waals surface area contributed by atoms with Crippen LogP contribution in [-0.2, 0) is 9.59 Å². The molecule has 0 saturated heterocycles. The average Bonchev–Trinajstić information content (AvgIpc) is 2.55. The van der Waals surface area contributed by atoms with Gasteiger partial charge < -0.3 is 15.4 Å². The van der Waals surface area contributed by atoms with Crippen molar-refractivity contribution in [3.8, 4) is 5.75 Å². The highest BCUT2D eigenvalue weighted by molar-refractivity contribution is 6.35. The minimum atomic E-state index is -0.456. The molecule has 0 fully saturated rings. The molecule has 2 aromatic carbocycles. The Labute approximate surface area is 153 Å². The highest BCUT2D eigenvalue weighted by Gasteiger charge is 2.10. The Morgan fingerprint density at radius 3 is 2.46 bits per heavy atom. The Kier molecular flexibility index (Phi) is 6.73. The minimum Gasteiger partial charge on any atom is -0.482 e. The lowest BCUT2D eigenvalue weighted by Gasteiger charge is -2.10. The van der Waals surface area contributed by atoms with Crippen molar-refractivity contribution in [3.05, 3.63) is 57.5 Å². The van der Waals surface area contributed by atoms with Gasteiger partial charge in [-0.3, -0.25) is 9.59 Å². The van der Waals surface area contributed by atoms with Crippen LogP contribution in [0.2, 0.25) is 15.1 Å². The van der Waals surface area contributed by atoms with Crippen LogP contribution >= 0.6 is 34.8 Å². The van der Waals surface area contributed by atoms with Crippen molar-refractivity contribution in [2.24, 2.45) is 0 Å². The van der Waals surface area contributed by atoms with Crippen LogP contribution < -0.4 is 15.4 Å². The van der Waals surface area contributed by atoms with E-state index in [0.29, 0.717) is 26.5 Å². The minimum absolute atomic E-state index is 0.229. The highest BCUT2D eigenvalue weighted by Crippen LogP contribution is 2.25. The second-order valence-electron chi connectivity index (χ2n) is 4.67. The molecule has 0 saturated carbocycles. The van der Waals surface area contributed by atoms with Crippen LogP contribution in [0.3, 0.4) is 0 Å². The molecule has 2 rings (SSSR count). The summed E-state index contributed by atoms with van der Waals surface area (Å²) in [6.07, 6.45) is 0. The van der Waals surface area contributed by atoms with Crippen LogP contribution in [0.5, 0.6) is 5.75 Å². The number of halogens is 3. The number of anilines is 1. The molecule has 0 bridgehead atoms. The van der Waals surface area contributed by atoms with Crippen molar-refractivity contribution in [3.63, 3.8) is 0 Å². The van der Waals surface area contributed by atoms with Crippen molar-refractivity contribution in [2.75, 3.05) is 18.5 Å². The zero-order valence-corrected chi connectivity index (χ0v) is 14.6. The summed E-state index contributed by atoms with van der Waals surface area (Å²) in [6.45, 7) is -0.484. The van der Waals surface area contributed by atoms with Gasteiger partial charge in [-0.05, 0) is 30.3 Å². The van der Waals surface area contributed by atoms with Crippen LogP contribution in [0.4, 0.5) is 5.69 Å². The molecule has 0 radical (unpaired) electrons. The summed E-state index contributed by atoms with van der Waals surface area (Å²) in [5.41, 5.74) is 0.371. The predicted molar refractivity (Wildman–Crippen MR) is 95.0 cm³/mol. The number of ether oxygens (including phenoxy) is 1. The third-order valence-electron chi connectivity index (χ3n) is 2.84. The van der Waals surface area contributed by atoms with Crippen molar-refractivity contribution < 1.29 is 14.3 Å². The maximum absolute atomic E-state index is 11.8. The van der Waals surface area contributed by atoms with E-state index >= 15 is 0 Å². The monoisotopic (exact) mass is 386 g/mol. The maximum Gasteiger partial charge on any atom is 0.258 e. The second-order valence-corrected chi connectivity index (χ2v) is 5.92. The first-order valence-electron chi connectivity index (χ1n) is 6.84. The van der Waals surface area contributed by atoms with Gasteiger partial charge in [0.1, 0.15) is 5.75 Å². The number of benzene rings is 2. The van der Waals surface area contributed by atoms with Gasteiger partial charge in [0.15, 0.2) is 6.61 Å². The molecule has 2 aromatic rings. The molecule has 2 N–H and O–H groups in total. The highest BCUT2D eigenvalue weighted by atomic mass is 35.5. The zero-order valence-electron chi connectivity index (χ0n) is 12.3. The van der Waals surface area contributed by atoms with Crippen LogP contribution in [0.15, 0.2) is 42.5 Å². The van der Waals surface area contributed by atoms with Gasteiger partial charge in [-0.15, -0.1) is 0 Å². The standard InChI is InChI=1S/C16H13Cl3N2O3/c17-10-5-6-11(18)13(7-10)21-15(22)8-20-16(23)9-24-14-4-2-1-3-12(14)19/h1-7H,8-9H2,(H,20,23)(H,21,22). The van der Waals surface area contributed by atoms with Crippen LogP contribution in [0.1, 0.15) is 0 Å². The van der Waals surface area contributed by atoms with E-state index < -0.39 is 11.8 Å². The third kappa shape index (κ3) is 5.60. The molecule has 8 heteroatoms. The first-order valence-corrected chi connectivity index (χ1v) is 7.98. The van der Waals surface area contributed by atoms with Crippen LogP contribution in [-0.4, -0.2) is 25.0 Å². The van der Waals surface area contributed by atoms with Gasteiger partial charge in [-0.2, -0.15) is 0 Å². The predicted octanol–water partition coefficient (Wildman–Crippen LogP) is 3.78. The smallest absolute Gasteiger partial charge is 0.258 e. The van der Waals surface area contributed by atoms with E-state index in [9.17, 15) is 9.59 Å². The van der Waals surface area contributed by atoms with Crippen molar-refractivity contribution in [1.29, 1.82) is 0 Å². The maximum atomic E-state index is 11.8. The summed E-state index contributed by atoms with van der Waals surface area (Å²) >= 11 is 17.7. The first-order chi connectivity index (χ1) is 11.5. The summed E-state index contributed by atoms with van der Waals surface area (Å²) in [4.78, 5) is 23.5. The van der Waals surface area contributed by atoms with Gasteiger partial charge in [0.05, 0.1) is 22.3 Å². The van der Waals surface area contributed by atoms with E-state index in [4.69, 9.17) is 39.5 Å². The Hall–Kier alpha value is -1.95. The molecule has 24 heavy (non-hydrogen) atoms. The Bertz CT molecular complexity index is 753. The lowest BCUT2D eigenvalue weighted by atomic mass is 10.3. The van der Waals surface area contributed by atoms with Crippen LogP contribution in [0, 0.1) is 0 Å². The molecule has 0 aromatic heterocycles. The molecular weight excluding hydrogens is 375 g/mol. The number of hydrogen-bond donors (Lipinski definition) is 2. The summed E-state index contributed by atoms with van der Waals surface area (Å²) in [6, 6.07) is 11.5.